The van der Waals surface area contributed by atoms with Gasteiger partial charge in [-0.3, -0.25) is 0 Å². The van der Waals surface area contributed by atoms with Crippen molar-refractivity contribution in [3.63, 3.8) is 0 Å². The van der Waals surface area contributed by atoms with Crippen LogP contribution in [0.3, 0.4) is 0 Å². The predicted molar refractivity (Wildman–Crippen MR) is 86.1 cm³/mol. The molecular weight excluding hydrogens is 300 g/mol. The molecule has 0 atom stereocenters. The minimum absolute atomic E-state index is 0.392. The molecule has 0 aliphatic heterocycles. The number of carbonyl (C=O) groups is 1. The Hall–Kier alpha value is -1.89. The van der Waals surface area contributed by atoms with E-state index in [1.807, 2.05) is 45.7 Å². The number of hydrogen-bond acceptors (Lipinski definition) is 5. The summed E-state index contributed by atoms with van der Waals surface area (Å²) in [5.74, 6) is 0. The van der Waals surface area contributed by atoms with Gasteiger partial charge in [-0.25, -0.2) is 14.8 Å². The van der Waals surface area contributed by atoms with Gasteiger partial charge < -0.3 is 14.6 Å². The van der Waals surface area contributed by atoms with Gasteiger partial charge in [-0.05, 0) is 27.7 Å². The molecule has 0 saturated heterocycles. The molecule has 0 spiro atoms. The minimum atomic E-state index is -0.477. The van der Waals surface area contributed by atoms with E-state index >= 15 is 0 Å². The lowest BCUT2D eigenvalue weighted by Crippen LogP contribution is -2.33. The number of nitrogens with one attached hydrogen (secondary N) is 1. The molecule has 2 rings (SSSR count). The molecular formula is C15H22N4O2S. The van der Waals surface area contributed by atoms with E-state index in [0.29, 0.717) is 13.0 Å². The fraction of sp³-hybridized carbons (Fsp3) is 0.533. The third-order valence-electron chi connectivity index (χ3n) is 3.01. The lowest BCUT2D eigenvalue weighted by molar-refractivity contribution is 0.0528. The van der Waals surface area contributed by atoms with Gasteiger partial charge in [-0.1, -0.05) is 0 Å². The van der Waals surface area contributed by atoms with Crippen LogP contribution in [0.15, 0.2) is 18.0 Å². The van der Waals surface area contributed by atoms with Crippen LogP contribution in [0.1, 0.15) is 37.0 Å². The Morgan fingerprint density at radius 3 is 2.86 bits per heavy atom. The Bertz CT molecular complexity index is 628. The Morgan fingerprint density at radius 1 is 1.45 bits per heavy atom. The summed E-state index contributed by atoms with van der Waals surface area (Å²) in [4.78, 5) is 21.3. The Labute approximate surface area is 134 Å². The molecule has 6 nitrogen and oxygen atoms in total. The van der Waals surface area contributed by atoms with Gasteiger partial charge in [0.15, 0.2) is 0 Å². The number of rotatable bonds is 5. The van der Waals surface area contributed by atoms with E-state index in [1.165, 1.54) is 4.88 Å². The molecule has 7 heteroatoms. The average molecular weight is 322 g/mol. The number of thiazole rings is 1. The minimum Gasteiger partial charge on any atom is -0.444 e. The van der Waals surface area contributed by atoms with Crippen molar-refractivity contribution < 1.29 is 9.53 Å². The van der Waals surface area contributed by atoms with Crippen molar-refractivity contribution >= 4 is 17.4 Å². The summed E-state index contributed by atoms with van der Waals surface area (Å²) in [6.07, 6.45) is 3.95. The SMILES string of the molecule is Cc1ncsc1Cn1cncc1CCNC(=O)OC(C)(C)C. The van der Waals surface area contributed by atoms with Crippen molar-refractivity contribution in [1.82, 2.24) is 19.9 Å². The molecule has 1 amide bonds. The lowest BCUT2D eigenvalue weighted by Gasteiger charge is -2.19. The van der Waals surface area contributed by atoms with Gasteiger partial charge in [-0.2, -0.15) is 0 Å². The van der Waals surface area contributed by atoms with Crippen LogP contribution < -0.4 is 5.32 Å². The van der Waals surface area contributed by atoms with E-state index < -0.39 is 11.7 Å². The van der Waals surface area contributed by atoms with Crippen LogP contribution in [0.5, 0.6) is 0 Å². The maximum Gasteiger partial charge on any atom is 0.407 e. The van der Waals surface area contributed by atoms with Crippen LogP contribution in [0.4, 0.5) is 4.79 Å². The molecule has 1 N–H and O–H groups in total. The second kappa shape index (κ2) is 6.91. The van der Waals surface area contributed by atoms with Crippen molar-refractivity contribution in [1.29, 1.82) is 0 Å². The third-order valence-corrected chi connectivity index (χ3v) is 3.93. The van der Waals surface area contributed by atoms with E-state index in [9.17, 15) is 4.79 Å². The lowest BCUT2D eigenvalue weighted by atomic mass is 10.2. The third kappa shape index (κ3) is 4.84. The Kier molecular flexibility index (Phi) is 5.18. The predicted octanol–water partition coefficient (Wildman–Crippen LogP) is 2.76. The molecule has 0 unspecified atom stereocenters. The van der Waals surface area contributed by atoms with Crippen LogP contribution in [0, 0.1) is 6.92 Å². The van der Waals surface area contributed by atoms with Gasteiger partial charge in [0, 0.05) is 29.7 Å². The highest BCUT2D eigenvalue weighted by Crippen LogP contribution is 2.15. The van der Waals surface area contributed by atoms with E-state index in [-0.39, 0.29) is 0 Å². The van der Waals surface area contributed by atoms with Crippen molar-refractivity contribution in [2.24, 2.45) is 0 Å². The molecule has 2 heterocycles. The van der Waals surface area contributed by atoms with E-state index in [4.69, 9.17) is 4.74 Å². The maximum atomic E-state index is 11.6. The Balaban J connectivity index is 1.86. The first-order chi connectivity index (χ1) is 10.3. The molecule has 0 aliphatic carbocycles. The standard InChI is InChI=1S/C15H22N4O2S/c1-11-13(22-10-18-11)8-19-9-16-7-12(19)5-6-17-14(20)21-15(2,3)4/h7,9-10H,5-6,8H2,1-4H3,(H,17,20). The molecule has 0 saturated carbocycles. The van der Waals surface area contributed by atoms with E-state index in [1.54, 1.807) is 11.3 Å². The average Bonchev–Trinajstić information content (AvgIpc) is 2.98. The number of aryl methyl sites for hydroxylation is 1. The molecule has 0 aliphatic rings. The molecule has 2 aromatic rings. The van der Waals surface area contributed by atoms with Crippen LogP contribution in [0.25, 0.3) is 0 Å². The highest BCUT2D eigenvalue weighted by atomic mass is 32.1. The molecule has 2 aromatic heterocycles. The zero-order valence-electron chi connectivity index (χ0n) is 13.4. The monoisotopic (exact) mass is 322 g/mol. The second-order valence-electron chi connectivity index (χ2n) is 6.05. The molecule has 0 aromatic carbocycles. The summed E-state index contributed by atoms with van der Waals surface area (Å²) in [7, 11) is 0. The zero-order valence-corrected chi connectivity index (χ0v) is 14.2. The summed E-state index contributed by atoms with van der Waals surface area (Å²) < 4.78 is 7.29. The number of aromatic nitrogens is 3. The summed E-state index contributed by atoms with van der Waals surface area (Å²) in [5, 5.41) is 2.76. The zero-order chi connectivity index (χ0) is 16.2. The summed E-state index contributed by atoms with van der Waals surface area (Å²) in [5.41, 5.74) is 3.50. The number of alkyl carbamates (subject to hydrolysis) is 1. The summed E-state index contributed by atoms with van der Waals surface area (Å²) >= 11 is 1.64. The fourth-order valence-corrected chi connectivity index (χ4v) is 2.71. The van der Waals surface area contributed by atoms with Crippen molar-refractivity contribution in [2.45, 2.75) is 46.3 Å². The van der Waals surface area contributed by atoms with E-state index in [2.05, 4.69) is 19.9 Å². The molecule has 0 radical (unpaired) electrons. The van der Waals surface area contributed by atoms with Gasteiger partial charge in [0.25, 0.3) is 0 Å². The van der Waals surface area contributed by atoms with Gasteiger partial charge >= 0.3 is 6.09 Å². The first-order valence-electron chi connectivity index (χ1n) is 7.20. The molecule has 0 fully saturated rings. The highest BCUT2D eigenvalue weighted by molar-refractivity contribution is 7.09. The Morgan fingerprint density at radius 2 is 2.23 bits per heavy atom. The first kappa shape index (κ1) is 16.5. The van der Waals surface area contributed by atoms with Gasteiger partial charge in [-0.15, -0.1) is 11.3 Å². The summed E-state index contributed by atoms with van der Waals surface area (Å²) in [6, 6.07) is 0. The van der Waals surface area contributed by atoms with Crippen LogP contribution in [0.2, 0.25) is 0 Å². The van der Waals surface area contributed by atoms with Gasteiger partial charge in [0.05, 0.1) is 24.1 Å². The van der Waals surface area contributed by atoms with Crippen LogP contribution in [-0.4, -0.2) is 32.8 Å². The smallest absolute Gasteiger partial charge is 0.407 e. The number of nitrogens with zero attached hydrogens (tertiary/aromatic N) is 3. The number of amides is 1. The number of imidazole rings is 1. The number of ether oxygens (including phenoxy) is 1. The molecule has 120 valence electrons. The van der Waals surface area contributed by atoms with Crippen molar-refractivity contribution in [3.05, 3.63) is 34.3 Å². The molecule has 22 heavy (non-hydrogen) atoms. The number of hydrogen-bond donors (Lipinski definition) is 1. The second-order valence-corrected chi connectivity index (χ2v) is 6.99. The topological polar surface area (TPSA) is 69.0 Å². The van der Waals surface area contributed by atoms with Crippen LogP contribution >= 0.6 is 11.3 Å². The number of carbonyl (C=O) groups excluding carboxylic acids is 1. The van der Waals surface area contributed by atoms with Crippen LogP contribution in [-0.2, 0) is 17.7 Å². The van der Waals surface area contributed by atoms with E-state index in [0.717, 1.165) is 17.9 Å². The fourth-order valence-electron chi connectivity index (χ4n) is 1.94. The maximum absolute atomic E-state index is 11.6. The highest BCUT2D eigenvalue weighted by Gasteiger charge is 2.15. The van der Waals surface area contributed by atoms with Gasteiger partial charge in [0.2, 0.25) is 0 Å². The largest absolute Gasteiger partial charge is 0.444 e. The van der Waals surface area contributed by atoms with Crippen molar-refractivity contribution in [3.8, 4) is 0 Å². The molecule has 0 bridgehead atoms. The van der Waals surface area contributed by atoms with Crippen molar-refractivity contribution in [2.75, 3.05) is 6.54 Å². The van der Waals surface area contributed by atoms with Gasteiger partial charge in [0.1, 0.15) is 5.60 Å². The normalized spacial score (nSPS) is 11.5. The first-order valence-corrected chi connectivity index (χ1v) is 8.08. The summed E-state index contributed by atoms with van der Waals surface area (Å²) in [6.45, 7) is 8.82. The quantitative estimate of drug-likeness (QED) is 0.919.